The number of nitrogens with zero attached hydrogens (tertiary/aromatic N) is 1. The van der Waals surface area contributed by atoms with Crippen molar-refractivity contribution in [2.24, 2.45) is 0 Å². The number of carboxylic acids is 1. The Balaban J connectivity index is 2.48. The first-order chi connectivity index (χ1) is 7.50. The Morgan fingerprint density at radius 3 is 2.31 bits per heavy atom. The van der Waals surface area contributed by atoms with E-state index in [1.807, 2.05) is 31.2 Å². The maximum atomic E-state index is 11.0. The second-order valence-electron chi connectivity index (χ2n) is 3.77. The van der Waals surface area contributed by atoms with Crippen molar-refractivity contribution in [2.75, 3.05) is 13.6 Å². The molecule has 86 valence electrons. The minimum absolute atomic E-state index is 0.411. The molecule has 0 saturated heterocycles. The van der Waals surface area contributed by atoms with E-state index in [4.69, 9.17) is 5.11 Å². The Morgan fingerprint density at radius 2 is 1.81 bits per heavy atom. The van der Waals surface area contributed by atoms with E-state index >= 15 is 0 Å². The van der Waals surface area contributed by atoms with E-state index in [-0.39, 0.29) is 0 Å². The summed E-state index contributed by atoms with van der Waals surface area (Å²) in [7, 11) is 1.49. The van der Waals surface area contributed by atoms with Crippen LogP contribution in [-0.2, 0) is 16.0 Å². The third kappa shape index (κ3) is 3.38. The van der Waals surface area contributed by atoms with E-state index in [2.05, 4.69) is 0 Å². The lowest BCUT2D eigenvalue weighted by Crippen LogP contribution is -2.34. The van der Waals surface area contributed by atoms with Crippen molar-refractivity contribution in [1.82, 2.24) is 4.90 Å². The summed E-state index contributed by atoms with van der Waals surface area (Å²) in [5, 5.41) is 8.49. The van der Waals surface area contributed by atoms with Crippen molar-refractivity contribution >= 4 is 11.9 Å². The molecule has 1 aromatic rings. The van der Waals surface area contributed by atoms with Crippen molar-refractivity contribution in [1.29, 1.82) is 0 Å². The lowest BCUT2D eigenvalue weighted by Gasteiger charge is -2.14. The van der Waals surface area contributed by atoms with Crippen LogP contribution in [0.4, 0.5) is 0 Å². The quantitative estimate of drug-likeness (QED) is 0.777. The van der Waals surface area contributed by atoms with Gasteiger partial charge in [-0.2, -0.15) is 0 Å². The molecule has 4 nitrogen and oxygen atoms in total. The van der Waals surface area contributed by atoms with Gasteiger partial charge < -0.3 is 10.0 Å². The van der Waals surface area contributed by atoms with Crippen LogP contribution in [0, 0.1) is 6.92 Å². The molecule has 0 bridgehead atoms. The first-order valence-electron chi connectivity index (χ1n) is 5.04. The second-order valence-corrected chi connectivity index (χ2v) is 3.77. The summed E-state index contributed by atoms with van der Waals surface area (Å²) in [6.07, 6.45) is 0.662. The predicted octanol–water partition coefficient (Wildman–Crippen LogP) is 1.08. The number of aryl methyl sites for hydroxylation is 1. The minimum Gasteiger partial charge on any atom is -0.474 e. The summed E-state index contributed by atoms with van der Waals surface area (Å²) < 4.78 is 0. The second kappa shape index (κ2) is 5.30. The van der Waals surface area contributed by atoms with E-state index in [0.29, 0.717) is 13.0 Å². The minimum atomic E-state index is -1.41. The number of aliphatic carboxylic acids is 1. The number of amides is 1. The topological polar surface area (TPSA) is 57.6 Å². The molecule has 0 heterocycles. The van der Waals surface area contributed by atoms with Crippen LogP contribution in [0.15, 0.2) is 24.3 Å². The van der Waals surface area contributed by atoms with Crippen LogP contribution in [0.3, 0.4) is 0 Å². The van der Waals surface area contributed by atoms with Crippen LogP contribution >= 0.6 is 0 Å². The number of likely N-dealkylation sites (N-methyl/N-ethyl adjacent to an activating group) is 1. The van der Waals surface area contributed by atoms with Gasteiger partial charge in [-0.05, 0) is 18.9 Å². The molecule has 0 aliphatic carbocycles. The molecule has 16 heavy (non-hydrogen) atoms. The highest BCUT2D eigenvalue weighted by atomic mass is 16.4. The number of hydrogen-bond donors (Lipinski definition) is 1. The van der Waals surface area contributed by atoms with Gasteiger partial charge in [0.2, 0.25) is 0 Å². The van der Waals surface area contributed by atoms with Crippen LogP contribution in [-0.4, -0.2) is 35.5 Å². The fourth-order valence-corrected chi connectivity index (χ4v) is 1.32. The van der Waals surface area contributed by atoms with E-state index < -0.39 is 11.9 Å². The third-order valence-corrected chi connectivity index (χ3v) is 2.39. The maximum absolute atomic E-state index is 11.0. The first-order valence-corrected chi connectivity index (χ1v) is 5.04. The largest absolute Gasteiger partial charge is 0.474 e. The van der Waals surface area contributed by atoms with Gasteiger partial charge in [-0.3, -0.25) is 4.79 Å². The number of hydrogen-bond acceptors (Lipinski definition) is 2. The lowest BCUT2D eigenvalue weighted by atomic mass is 10.1. The van der Waals surface area contributed by atoms with Gasteiger partial charge in [-0.1, -0.05) is 29.8 Å². The zero-order chi connectivity index (χ0) is 12.1. The van der Waals surface area contributed by atoms with E-state index in [0.717, 1.165) is 5.56 Å². The average Bonchev–Trinajstić information content (AvgIpc) is 2.26. The summed E-state index contributed by atoms with van der Waals surface area (Å²) in [6.45, 7) is 2.41. The normalized spacial score (nSPS) is 9.88. The Kier molecular flexibility index (Phi) is 4.05. The zero-order valence-electron chi connectivity index (χ0n) is 9.43. The molecule has 1 rings (SSSR count). The summed E-state index contributed by atoms with van der Waals surface area (Å²) in [5.74, 6) is -2.28. The van der Waals surface area contributed by atoms with Gasteiger partial charge >= 0.3 is 11.9 Å². The molecular weight excluding hydrogens is 206 g/mol. The highest BCUT2D eigenvalue weighted by Crippen LogP contribution is 2.04. The standard InChI is InChI=1S/C12H15NO3/c1-9-3-5-10(6-4-9)7-8-13(2)11(14)12(15)16/h3-6H,7-8H2,1-2H3,(H,15,16). The van der Waals surface area contributed by atoms with Crippen LogP contribution < -0.4 is 0 Å². The SMILES string of the molecule is Cc1ccc(CCN(C)C(=O)C(=O)O)cc1. The summed E-state index contributed by atoms with van der Waals surface area (Å²) in [5.41, 5.74) is 2.27. The van der Waals surface area contributed by atoms with Gasteiger partial charge in [-0.25, -0.2) is 4.79 Å². The molecule has 0 radical (unpaired) electrons. The highest BCUT2D eigenvalue weighted by molar-refractivity contribution is 6.31. The van der Waals surface area contributed by atoms with Crippen molar-refractivity contribution in [3.63, 3.8) is 0 Å². The summed E-state index contributed by atoms with van der Waals surface area (Å²) in [4.78, 5) is 22.7. The van der Waals surface area contributed by atoms with Crippen molar-refractivity contribution in [3.05, 3.63) is 35.4 Å². The number of rotatable bonds is 3. The first kappa shape index (κ1) is 12.2. The van der Waals surface area contributed by atoms with Crippen LogP contribution in [0.1, 0.15) is 11.1 Å². The van der Waals surface area contributed by atoms with E-state index in [1.54, 1.807) is 0 Å². The van der Waals surface area contributed by atoms with Gasteiger partial charge in [0.1, 0.15) is 0 Å². The average molecular weight is 221 g/mol. The molecule has 0 aromatic heterocycles. The Bertz CT molecular complexity index is 384. The highest BCUT2D eigenvalue weighted by Gasteiger charge is 2.16. The molecule has 4 heteroatoms. The van der Waals surface area contributed by atoms with Gasteiger partial charge in [0.15, 0.2) is 0 Å². The number of benzene rings is 1. The van der Waals surface area contributed by atoms with E-state index in [1.165, 1.54) is 17.5 Å². The van der Waals surface area contributed by atoms with Gasteiger partial charge in [0, 0.05) is 13.6 Å². The van der Waals surface area contributed by atoms with Gasteiger partial charge in [0.05, 0.1) is 0 Å². The number of carbonyl (C=O) groups excluding carboxylic acids is 1. The van der Waals surface area contributed by atoms with E-state index in [9.17, 15) is 9.59 Å². The Hall–Kier alpha value is -1.84. The molecule has 0 atom stereocenters. The van der Waals surface area contributed by atoms with Gasteiger partial charge in [0.25, 0.3) is 0 Å². The molecule has 1 N–H and O–H groups in total. The molecule has 0 saturated carbocycles. The monoisotopic (exact) mass is 221 g/mol. The van der Waals surface area contributed by atoms with Crippen molar-refractivity contribution in [3.8, 4) is 0 Å². The Labute approximate surface area is 94.5 Å². The van der Waals surface area contributed by atoms with Crippen LogP contribution in [0.2, 0.25) is 0 Å². The molecule has 1 aromatic carbocycles. The molecule has 1 amide bonds. The predicted molar refractivity (Wildman–Crippen MR) is 60.2 cm³/mol. The van der Waals surface area contributed by atoms with Gasteiger partial charge in [-0.15, -0.1) is 0 Å². The fourth-order valence-electron chi connectivity index (χ4n) is 1.32. The van der Waals surface area contributed by atoms with Crippen molar-refractivity contribution in [2.45, 2.75) is 13.3 Å². The molecule has 0 aliphatic heterocycles. The summed E-state index contributed by atoms with van der Waals surface area (Å²) in [6, 6.07) is 7.95. The number of carbonyl (C=O) groups is 2. The lowest BCUT2D eigenvalue weighted by molar-refractivity contribution is -0.155. The zero-order valence-corrected chi connectivity index (χ0v) is 9.43. The Morgan fingerprint density at radius 1 is 1.25 bits per heavy atom. The van der Waals surface area contributed by atoms with Crippen LogP contribution in [0.5, 0.6) is 0 Å². The molecular formula is C12H15NO3. The van der Waals surface area contributed by atoms with Crippen LogP contribution in [0.25, 0.3) is 0 Å². The maximum Gasteiger partial charge on any atom is 0.394 e. The molecule has 0 fully saturated rings. The molecule has 0 unspecified atom stereocenters. The molecule has 0 aliphatic rings. The third-order valence-electron chi connectivity index (χ3n) is 2.39. The van der Waals surface area contributed by atoms with Crippen molar-refractivity contribution < 1.29 is 14.7 Å². The fraction of sp³-hybridized carbons (Fsp3) is 0.333. The smallest absolute Gasteiger partial charge is 0.394 e. The molecule has 0 spiro atoms. The number of carboxylic acid groups (broad SMARTS) is 1. The summed E-state index contributed by atoms with van der Waals surface area (Å²) >= 11 is 0.